The summed E-state index contributed by atoms with van der Waals surface area (Å²) in [4.78, 5) is 0. The van der Waals surface area contributed by atoms with E-state index in [9.17, 15) is 0 Å². The summed E-state index contributed by atoms with van der Waals surface area (Å²) in [6, 6.07) is 4.44. The van der Waals surface area contributed by atoms with E-state index in [4.69, 9.17) is 5.73 Å². The van der Waals surface area contributed by atoms with Crippen molar-refractivity contribution < 1.29 is 0 Å². The third kappa shape index (κ3) is 1.45. The van der Waals surface area contributed by atoms with E-state index in [1.54, 1.807) is 0 Å². The van der Waals surface area contributed by atoms with E-state index in [0.29, 0.717) is 6.54 Å². The van der Waals surface area contributed by atoms with Crippen LogP contribution in [0.2, 0.25) is 0 Å². The van der Waals surface area contributed by atoms with Gasteiger partial charge in [-0.05, 0) is 50.4 Å². The van der Waals surface area contributed by atoms with E-state index in [-0.39, 0.29) is 0 Å². The Labute approximate surface area is 97.1 Å². The van der Waals surface area contributed by atoms with Crippen LogP contribution in [-0.2, 0) is 13.5 Å². The fourth-order valence-corrected chi connectivity index (χ4v) is 2.50. The van der Waals surface area contributed by atoms with Gasteiger partial charge in [0.1, 0.15) is 0 Å². The van der Waals surface area contributed by atoms with Crippen molar-refractivity contribution in [3.63, 3.8) is 0 Å². The Morgan fingerprint density at radius 2 is 1.88 bits per heavy atom. The number of nitrogens with two attached hydrogens (primary N) is 1. The molecule has 0 unspecified atom stereocenters. The van der Waals surface area contributed by atoms with Crippen LogP contribution < -0.4 is 5.73 Å². The number of aryl methyl sites for hydroxylation is 3. The molecule has 0 bridgehead atoms. The molecule has 0 spiro atoms. The van der Waals surface area contributed by atoms with Crippen molar-refractivity contribution in [1.82, 2.24) is 4.57 Å². The van der Waals surface area contributed by atoms with Gasteiger partial charge in [0, 0.05) is 18.1 Å². The lowest BCUT2D eigenvalue weighted by Gasteiger charge is -2.05. The molecular weight excluding hydrogens is 196 g/mol. The van der Waals surface area contributed by atoms with Crippen LogP contribution >= 0.6 is 0 Å². The average Bonchev–Trinajstić information content (AvgIpc) is 2.50. The van der Waals surface area contributed by atoms with Gasteiger partial charge in [-0.25, -0.2) is 0 Å². The Bertz CT molecular complexity index is 535. The van der Waals surface area contributed by atoms with Crippen LogP contribution in [0.3, 0.4) is 0 Å². The first kappa shape index (κ1) is 11.2. The van der Waals surface area contributed by atoms with Gasteiger partial charge < -0.3 is 10.3 Å². The maximum Gasteiger partial charge on any atom is 0.0515 e. The molecular formula is C14H20N2. The van der Waals surface area contributed by atoms with Gasteiger partial charge in [0.15, 0.2) is 0 Å². The van der Waals surface area contributed by atoms with Gasteiger partial charge in [-0.15, -0.1) is 0 Å². The van der Waals surface area contributed by atoms with E-state index in [1.807, 2.05) is 0 Å². The largest absolute Gasteiger partial charge is 0.347 e. The fourth-order valence-electron chi connectivity index (χ4n) is 2.50. The van der Waals surface area contributed by atoms with Crippen molar-refractivity contribution in [3.05, 3.63) is 34.5 Å². The Balaban J connectivity index is 2.84. The molecule has 0 saturated carbocycles. The summed E-state index contributed by atoms with van der Waals surface area (Å²) >= 11 is 0. The molecule has 2 rings (SSSR count). The van der Waals surface area contributed by atoms with E-state index >= 15 is 0 Å². The van der Waals surface area contributed by atoms with Gasteiger partial charge in [-0.2, -0.15) is 0 Å². The van der Waals surface area contributed by atoms with Gasteiger partial charge in [-0.3, -0.25) is 0 Å². The molecule has 0 aliphatic heterocycles. The number of aromatic nitrogens is 1. The topological polar surface area (TPSA) is 30.9 Å². The van der Waals surface area contributed by atoms with Gasteiger partial charge in [0.05, 0.1) is 5.52 Å². The molecule has 2 nitrogen and oxygen atoms in total. The molecule has 86 valence electrons. The lowest BCUT2D eigenvalue weighted by molar-refractivity contribution is 0.880. The summed E-state index contributed by atoms with van der Waals surface area (Å²) in [6.07, 6.45) is 0.964. The van der Waals surface area contributed by atoms with Crippen molar-refractivity contribution in [3.8, 4) is 0 Å². The van der Waals surface area contributed by atoms with Crippen molar-refractivity contribution in [2.45, 2.75) is 27.2 Å². The van der Waals surface area contributed by atoms with E-state index < -0.39 is 0 Å². The molecule has 0 atom stereocenters. The van der Waals surface area contributed by atoms with Crippen molar-refractivity contribution in [2.24, 2.45) is 12.8 Å². The maximum atomic E-state index is 5.69. The Morgan fingerprint density at radius 3 is 2.50 bits per heavy atom. The molecule has 16 heavy (non-hydrogen) atoms. The predicted octanol–water partition coefficient (Wildman–Crippen LogP) is 2.60. The highest BCUT2D eigenvalue weighted by atomic mass is 14.9. The first-order valence-corrected chi connectivity index (χ1v) is 5.82. The van der Waals surface area contributed by atoms with Crippen LogP contribution in [-0.4, -0.2) is 11.1 Å². The minimum Gasteiger partial charge on any atom is -0.347 e. The molecule has 2 aromatic rings. The first-order chi connectivity index (χ1) is 7.57. The molecule has 0 aliphatic rings. The smallest absolute Gasteiger partial charge is 0.0515 e. The minimum absolute atomic E-state index is 0.715. The monoisotopic (exact) mass is 216 g/mol. The SMILES string of the molecule is Cc1ccc2c(CCN)c(C)n(C)c2c1C. The second-order valence-electron chi connectivity index (χ2n) is 4.57. The first-order valence-electron chi connectivity index (χ1n) is 5.82. The van der Waals surface area contributed by atoms with E-state index in [1.165, 1.54) is 33.3 Å². The van der Waals surface area contributed by atoms with Crippen molar-refractivity contribution >= 4 is 10.9 Å². The lowest BCUT2D eigenvalue weighted by atomic mass is 10.0. The van der Waals surface area contributed by atoms with Crippen LogP contribution in [0.5, 0.6) is 0 Å². The van der Waals surface area contributed by atoms with Gasteiger partial charge in [0.2, 0.25) is 0 Å². The second kappa shape index (κ2) is 3.95. The van der Waals surface area contributed by atoms with E-state index in [2.05, 4.69) is 44.5 Å². The number of benzene rings is 1. The van der Waals surface area contributed by atoms with Gasteiger partial charge in [-0.1, -0.05) is 12.1 Å². The highest BCUT2D eigenvalue weighted by Gasteiger charge is 2.13. The van der Waals surface area contributed by atoms with Crippen LogP contribution in [0.15, 0.2) is 12.1 Å². The third-order valence-electron chi connectivity index (χ3n) is 3.70. The average molecular weight is 216 g/mol. The van der Waals surface area contributed by atoms with Crippen LogP contribution in [0.1, 0.15) is 22.4 Å². The zero-order valence-electron chi connectivity index (χ0n) is 10.6. The van der Waals surface area contributed by atoms with Crippen LogP contribution in [0.25, 0.3) is 10.9 Å². The second-order valence-corrected chi connectivity index (χ2v) is 4.57. The molecule has 0 radical (unpaired) electrons. The molecule has 1 aromatic heterocycles. The summed E-state index contributed by atoms with van der Waals surface area (Å²) in [6.45, 7) is 7.26. The normalized spacial score (nSPS) is 11.3. The molecule has 0 aliphatic carbocycles. The lowest BCUT2D eigenvalue weighted by Crippen LogP contribution is -2.03. The summed E-state index contributed by atoms with van der Waals surface area (Å²) < 4.78 is 2.29. The minimum atomic E-state index is 0.715. The molecule has 0 saturated heterocycles. The zero-order valence-corrected chi connectivity index (χ0v) is 10.6. The van der Waals surface area contributed by atoms with Gasteiger partial charge in [0.25, 0.3) is 0 Å². The summed E-state index contributed by atoms with van der Waals surface area (Å²) in [5.41, 5.74) is 12.5. The van der Waals surface area contributed by atoms with Gasteiger partial charge >= 0.3 is 0 Å². The molecule has 1 aromatic carbocycles. The number of nitrogens with zero attached hydrogens (tertiary/aromatic N) is 1. The quantitative estimate of drug-likeness (QED) is 0.822. The highest BCUT2D eigenvalue weighted by molar-refractivity contribution is 5.89. The number of hydrogen-bond donors (Lipinski definition) is 1. The Morgan fingerprint density at radius 1 is 1.19 bits per heavy atom. The van der Waals surface area contributed by atoms with Crippen molar-refractivity contribution in [2.75, 3.05) is 6.54 Å². The molecule has 2 heteroatoms. The standard InChI is InChI=1S/C14H20N2/c1-9-5-6-13-12(7-8-15)11(3)16(4)14(13)10(9)2/h5-6H,7-8,15H2,1-4H3. The van der Waals surface area contributed by atoms with Crippen LogP contribution in [0.4, 0.5) is 0 Å². The van der Waals surface area contributed by atoms with E-state index in [0.717, 1.165) is 6.42 Å². The molecule has 2 N–H and O–H groups in total. The Hall–Kier alpha value is -1.28. The number of fused-ring (bicyclic) bond motifs is 1. The summed E-state index contributed by atoms with van der Waals surface area (Å²) in [5.74, 6) is 0. The summed E-state index contributed by atoms with van der Waals surface area (Å²) in [5, 5.41) is 1.37. The predicted molar refractivity (Wildman–Crippen MR) is 69.9 cm³/mol. The molecule has 0 fully saturated rings. The third-order valence-corrected chi connectivity index (χ3v) is 3.70. The van der Waals surface area contributed by atoms with Crippen molar-refractivity contribution in [1.29, 1.82) is 0 Å². The van der Waals surface area contributed by atoms with Crippen LogP contribution in [0, 0.1) is 20.8 Å². The Kier molecular flexibility index (Phi) is 2.76. The zero-order chi connectivity index (χ0) is 11.9. The summed E-state index contributed by atoms with van der Waals surface area (Å²) in [7, 11) is 2.14. The maximum absolute atomic E-state index is 5.69. The number of rotatable bonds is 2. The fraction of sp³-hybridized carbons (Fsp3) is 0.429. The molecule has 1 heterocycles. The number of hydrogen-bond acceptors (Lipinski definition) is 1. The molecule has 0 amide bonds. The highest BCUT2D eigenvalue weighted by Crippen LogP contribution is 2.29.